The van der Waals surface area contributed by atoms with Gasteiger partial charge in [0.05, 0.1) is 12.8 Å². The lowest BCUT2D eigenvalue weighted by Gasteiger charge is -2.37. The molecule has 0 saturated heterocycles. The van der Waals surface area contributed by atoms with Crippen molar-refractivity contribution in [1.82, 2.24) is 4.31 Å². The maximum absolute atomic E-state index is 13.5. The SMILES string of the molecule is COc1cccc(CN2[C@H](c3ccccc3Cl)Nc3ccccc3S2(=O)=O)c1. The number of fused-ring (bicyclic) bond motifs is 1. The normalized spacial score (nSPS) is 18.1. The number of anilines is 1. The maximum atomic E-state index is 13.5. The molecule has 3 aromatic rings. The van der Waals surface area contributed by atoms with Crippen LogP contribution < -0.4 is 10.1 Å². The van der Waals surface area contributed by atoms with Crippen molar-refractivity contribution in [2.24, 2.45) is 0 Å². The van der Waals surface area contributed by atoms with E-state index in [0.717, 1.165) is 5.56 Å². The molecule has 0 fully saturated rings. The third-order valence-electron chi connectivity index (χ3n) is 4.73. The summed E-state index contributed by atoms with van der Waals surface area (Å²) < 4.78 is 33.7. The molecule has 7 heteroatoms. The van der Waals surface area contributed by atoms with Gasteiger partial charge in [0, 0.05) is 17.1 Å². The van der Waals surface area contributed by atoms with Crippen molar-refractivity contribution in [1.29, 1.82) is 0 Å². The lowest BCUT2D eigenvalue weighted by Crippen LogP contribution is -2.42. The second-order valence-corrected chi connectivity index (χ2v) is 8.73. The van der Waals surface area contributed by atoms with E-state index in [0.29, 0.717) is 22.0 Å². The summed E-state index contributed by atoms with van der Waals surface area (Å²) in [6.45, 7) is 0.177. The summed E-state index contributed by atoms with van der Waals surface area (Å²) in [5.74, 6) is 0.676. The Morgan fingerprint density at radius 1 is 1.04 bits per heavy atom. The van der Waals surface area contributed by atoms with Crippen molar-refractivity contribution in [2.45, 2.75) is 17.6 Å². The Bertz CT molecular complexity index is 1120. The van der Waals surface area contributed by atoms with Crippen LogP contribution in [-0.4, -0.2) is 19.8 Å². The summed E-state index contributed by atoms with van der Waals surface area (Å²) in [5.41, 5.74) is 2.08. The number of halogens is 1. The molecule has 1 aliphatic rings. The van der Waals surface area contributed by atoms with Crippen LogP contribution in [0.4, 0.5) is 5.69 Å². The molecule has 0 aliphatic carbocycles. The van der Waals surface area contributed by atoms with Crippen LogP contribution in [0, 0.1) is 0 Å². The molecule has 0 spiro atoms. The van der Waals surface area contributed by atoms with E-state index in [1.807, 2.05) is 48.5 Å². The van der Waals surface area contributed by atoms with Gasteiger partial charge in [0.15, 0.2) is 0 Å². The number of benzene rings is 3. The lowest BCUT2D eigenvalue weighted by molar-refractivity contribution is 0.335. The number of nitrogens with zero attached hydrogens (tertiary/aromatic N) is 1. The van der Waals surface area contributed by atoms with Crippen molar-refractivity contribution in [3.8, 4) is 5.75 Å². The molecule has 0 unspecified atom stereocenters. The Kier molecular flexibility index (Phi) is 5.02. The highest BCUT2D eigenvalue weighted by molar-refractivity contribution is 7.89. The Labute approximate surface area is 169 Å². The van der Waals surface area contributed by atoms with Gasteiger partial charge in [-0.1, -0.05) is 54.1 Å². The number of para-hydroxylation sites is 1. The van der Waals surface area contributed by atoms with Gasteiger partial charge < -0.3 is 10.1 Å². The molecular weight excluding hydrogens is 396 g/mol. The minimum atomic E-state index is -3.74. The third-order valence-corrected chi connectivity index (χ3v) is 6.94. The van der Waals surface area contributed by atoms with E-state index < -0.39 is 16.2 Å². The number of sulfonamides is 1. The first-order valence-corrected chi connectivity index (χ1v) is 10.6. The third kappa shape index (κ3) is 3.35. The van der Waals surface area contributed by atoms with Gasteiger partial charge in [-0.15, -0.1) is 0 Å². The molecule has 3 aromatic carbocycles. The molecule has 1 atom stereocenters. The molecule has 28 heavy (non-hydrogen) atoms. The van der Waals surface area contributed by atoms with E-state index in [1.165, 1.54) is 4.31 Å². The van der Waals surface area contributed by atoms with Crippen molar-refractivity contribution in [2.75, 3.05) is 12.4 Å². The van der Waals surface area contributed by atoms with Gasteiger partial charge in [-0.25, -0.2) is 8.42 Å². The van der Waals surface area contributed by atoms with Gasteiger partial charge in [-0.3, -0.25) is 0 Å². The van der Waals surface area contributed by atoms with Gasteiger partial charge in [0.2, 0.25) is 10.0 Å². The molecule has 4 rings (SSSR count). The predicted molar refractivity (Wildman–Crippen MR) is 110 cm³/mol. The van der Waals surface area contributed by atoms with E-state index >= 15 is 0 Å². The number of hydrogen-bond donors (Lipinski definition) is 1. The van der Waals surface area contributed by atoms with Gasteiger partial charge in [-0.05, 0) is 35.9 Å². The summed E-state index contributed by atoms with van der Waals surface area (Å²) >= 11 is 6.41. The number of methoxy groups -OCH3 is 1. The second-order valence-electron chi connectivity index (χ2n) is 6.47. The van der Waals surface area contributed by atoms with Crippen LogP contribution in [0.2, 0.25) is 5.02 Å². The quantitative estimate of drug-likeness (QED) is 0.674. The molecule has 5 nitrogen and oxygen atoms in total. The number of hydrogen-bond acceptors (Lipinski definition) is 4. The maximum Gasteiger partial charge on any atom is 0.247 e. The first-order valence-electron chi connectivity index (χ1n) is 8.75. The zero-order valence-corrected chi connectivity index (χ0v) is 16.7. The van der Waals surface area contributed by atoms with Gasteiger partial charge in [-0.2, -0.15) is 4.31 Å². The highest BCUT2D eigenvalue weighted by Gasteiger charge is 2.39. The average molecular weight is 415 g/mol. The van der Waals surface area contributed by atoms with Crippen molar-refractivity contribution >= 4 is 27.3 Å². The molecule has 1 aliphatic heterocycles. The van der Waals surface area contributed by atoms with Gasteiger partial charge >= 0.3 is 0 Å². The number of ether oxygens (including phenoxy) is 1. The summed E-state index contributed by atoms with van der Waals surface area (Å²) in [7, 11) is -2.16. The molecule has 144 valence electrons. The van der Waals surface area contributed by atoms with Crippen LogP contribution in [0.15, 0.2) is 77.7 Å². The summed E-state index contributed by atoms with van der Waals surface area (Å²) in [5, 5.41) is 3.84. The molecule has 0 saturated carbocycles. The fraction of sp³-hybridized carbons (Fsp3) is 0.143. The van der Waals surface area contributed by atoms with E-state index in [1.54, 1.807) is 31.4 Å². The van der Waals surface area contributed by atoms with E-state index in [2.05, 4.69) is 5.32 Å². The van der Waals surface area contributed by atoms with Crippen LogP contribution in [0.3, 0.4) is 0 Å². The minimum absolute atomic E-state index is 0.177. The molecule has 1 N–H and O–H groups in total. The van der Waals surface area contributed by atoms with Crippen molar-refractivity contribution in [3.63, 3.8) is 0 Å². The van der Waals surface area contributed by atoms with E-state index in [-0.39, 0.29) is 11.4 Å². The van der Waals surface area contributed by atoms with Crippen LogP contribution in [0.5, 0.6) is 5.75 Å². The Balaban J connectivity index is 1.84. The molecule has 0 radical (unpaired) electrons. The Morgan fingerprint density at radius 2 is 1.79 bits per heavy atom. The minimum Gasteiger partial charge on any atom is -0.497 e. The van der Waals surface area contributed by atoms with Gasteiger partial charge in [0.1, 0.15) is 16.8 Å². The van der Waals surface area contributed by atoms with Crippen LogP contribution in [0.1, 0.15) is 17.3 Å². The first-order chi connectivity index (χ1) is 13.5. The summed E-state index contributed by atoms with van der Waals surface area (Å²) in [6, 6.07) is 21.5. The predicted octanol–water partition coefficient (Wildman–Crippen LogP) is 4.66. The molecule has 0 aromatic heterocycles. The molecule has 0 bridgehead atoms. The highest BCUT2D eigenvalue weighted by atomic mass is 35.5. The summed E-state index contributed by atoms with van der Waals surface area (Å²) in [4.78, 5) is 0.251. The lowest BCUT2D eigenvalue weighted by atomic mass is 10.1. The van der Waals surface area contributed by atoms with Crippen molar-refractivity contribution in [3.05, 3.63) is 88.9 Å². The van der Waals surface area contributed by atoms with E-state index in [4.69, 9.17) is 16.3 Å². The van der Waals surface area contributed by atoms with Gasteiger partial charge in [0.25, 0.3) is 0 Å². The largest absolute Gasteiger partial charge is 0.497 e. The molecule has 1 heterocycles. The van der Waals surface area contributed by atoms with Crippen molar-refractivity contribution < 1.29 is 13.2 Å². The fourth-order valence-corrected chi connectivity index (χ4v) is 5.26. The number of nitrogens with one attached hydrogen (secondary N) is 1. The van der Waals surface area contributed by atoms with Crippen LogP contribution in [0.25, 0.3) is 0 Å². The van der Waals surface area contributed by atoms with Crippen LogP contribution in [-0.2, 0) is 16.6 Å². The second kappa shape index (κ2) is 7.47. The summed E-state index contributed by atoms with van der Waals surface area (Å²) in [6.07, 6.45) is -0.625. The fourth-order valence-electron chi connectivity index (χ4n) is 3.35. The monoisotopic (exact) mass is 414 g/mol. The Morgan fingerprint density at radius 3 is 2.57 bits per heavy atom. The van der Waals surface area contributed by atoms with E-state index in [9.17, 15) is 8.42 Å². The highest BCUT2D eigenvalue weighted by Crippen LogP contribution is 2.40. The number of rotatable bonds is 4. The smallest absolute Gasteiger partial charge is 0.247 e. The average Bonchev–Trinajstić information content (AvgIpc) is 2.71. The Hall–Kier alpha value is -2.54. The molecular formula is C21H19ClN2O3S. The topological polar surface area (TPSA) is 58.6 Å². The standard InChI is InChI=1S/C21H19ClN2O3S/c1-27-16-8-6-7-15(13-16)14-24-21(17-9-2-3-10-18(17)22)23-19-11-4-5-12-20(19)28(24,25)26/h2-13,21,23H,14H2,1H3/t21-/m1/s1. The first kappa shape index (κ1) is 18.8. The molecule has 0 amide bonds. The van der Waals surface area contributed by atoms with Crippen LogP contribution >= 0.6 is 11.6 Å². The zero-order chi connectivity index (χ0) is 19.7. The zero-order valence-electron chi connectivity index (χ0n) is 15.2.